The van der Waals surface area contributed by atoms with Crippen molar-refractivity contribution in [2.75, 3.05) is 26.4 Å². The molecule has 0 bridgehead atoms. The lowest BCUT2D eigenvalue weighted by atomic mass is 9.98. The second-order valence-electron chi connectivity index (χ2n) is 14.8. The van der Waals surface area contributed by atoms with Crippen LogP contribution in [-0.4, -0.2) is 142 Å². The van der Waals surface area contributed by atoms with Gasteiger partial charge in [-0.1, -0.05) is 103 Å². The average molecular weight is 793 g/mol. The van der Waals surface area contributed by atoms with Crippen LogP contribution in [0.5, 0.6) is 0 Å². The summed E-state index contributed by atoms with van der Waals surface area (Å²) in [5.41, 5.74) is 0. The molecule has 15 heteroatoms. The van der Waals surface area contributed by atoms with Gasteiger partial charge in [0.25, 0.3) is 0 Å². The number of unbranched alkanes of at least 4 members (excludes halogenated alkanes) is 15. The number of aliphatic hydroxyl groups is 7. The van der Waals surface area contributed by atoms with Crippen LogP contribution >= 0.6 is 0 Å². The van der Waals surface area contributed by atoms with Crippen LogP contribution in [0.25, 0.3) is 0 Å². The predicted molar refractivity (Wildman–Crippen MR) is 201 cm³/mol. The van der Waals surface area contributed by atoms with Gasteiger partial charge in [0, 0.05) is 12.8 Å². The molecular formula is C40H72O15. The molecule has 0 amide bonds. The molecular weight excluding hydrogens is 720 g/mol. The minimum atomic E-state index is -1.76. The summed E-state index contributed by atoms with van der Waals surface area (Å²) in [6.45, 7) is 1.95. The van der Waals surface area contributed by atoms with E-state index in [9.17, 15) is 45.3 Å². The highest BCUT2D eigenvalue weighted by atomic mass is 16.7. The van der Waals surface area contributed by atoms with Crippen molar-refractivity contribution in [3.63, 3.8) is 0 Å². The van der Waals surface area contributed by atoms with Gasteiger partial charge in [-0.15, -0.1) is 0 Å². The standard InChI is InChI=1S/C40H72O15/c1-3-5-6-7-8-9-10-11-12-13-14-15-16-17-18-19-20-21-22-23-32(43)53-28(25-50-31(42)4-2)26-51-39-38(49)36(47)34(45)30(55-39)27-52-40-37(48)35(46)33(44)29(24-41)54-40/h11-12,28-30,33-41,44-49H,3-10,13-27H2,1-2H3/b12-11-. The van der Waals surface area contributed by atoms with Gasteiger partial charge in [0.05, 0.1) is 19.8 Å². The van der Waals surface area contributed by atoms with E-state index in [1.807, 2.05) is 0 Å². The Morgan fingerprint density at radius 2 is 1.07 bits per heavy atom. The van der Waals surface area contributed by atoms with Crippen molar-refractivity contribution >= 4 is 11.9 Å². The molecule has 322 valence electrons. The molecule has 2 heterocycles. The fraction of sp³-hybridized carbons (Fsp3) is 0.900. The van der Waals surface area contributed by atoms with Gasteiger partial charge in [0.15, 0.2) is 18.7 Å². The summed E-state index contributed by atoms with van der Waals surface area (Å²) in [5, 5.41) is 71.1. The zero-order chi connectivity index (χ0) is 40.4. The monoisotopic (exact) mass is 792 g/mol. The van der Waals surface area contributed by atoms with E-state index in [2.05, 4.69) is 19.1 Å². The van der Waals surface area contributed by atoms with Gasteiger partial charge >= 0.3 is 11.9 Å². The summed E-state index contributed by atoms with van der Waals surface area (Å²) in [6, 6.07) is 0. The second-order valence-corrected chi connectivity index (χ2v) is 14.8. The molecule has 11 unspecified atom stereocenters. The van der Waals surface area contributed by atoms with Crippen molar-refractivity contribution in [1.29, 1.82) is 0 Å². The molecule has 2 fully saturated rings. The van der Waals surface area contributed by atoms with E-state index >= 15 is 0 Å². The number of hydrogen-bond donors (Lipinski definition) is 7. The third kappa shape index (κ3) is 19.5. The fourth-order valence-corrected chi connectivity index (χ4v) is 6.49. The smallest absolute Gasteiger partial charge is 0.306 e. The Morgan fingerprint density at radius 1 is 0.582 bits per heavy atom. The van der Waals surface area contributed by atoms with E-state index in [0.29, 0.717) is 6.42 Å². The van der Waals surface area contributed by atoms with Crippen molar-refractivity contribution in [2.24, 2.45) is 0 Å². The minimum Gasteiger partial charge on any atom is -0.462 e. The number of carbonyl (C=O) groups is 2. The molecule has 2 aliphatic rings. The first-order chi connectivity index (χ1) is 26.5. The number of rotatable bonds is 30. The summed E-state index contributed by atoms with van der Waals surface area (Å²) in [6.07, 6.45) is 8.23. The topological polar surface area (TPSA) is 231 Å². The largest absolute Gasteiger partial charge is 0.462 e. The Labute approximate surface area is 327 Å². The summed E-state index contributed by atoms with van der Waals surface area (Å²) in [4.78, 5) is 24.5. The van der Waals surface area contributed by atoms with Crippen LogP contribution in [0.15, 0.2) is 12.2 Å². The van der Waals surface area contributed by atoms with Crippen LogP contribution < -0.4 is 0 Å². The maximum atomic E-state index is 12.7. The van der Waals surface area contributed by atoms with E-state index < -0.39 is 92.7 Å². The van der Waals surface area contributed by atoms with Crippen LogP contribution in [0, 0.1) is 0 Å². The molecule has 0 aliphatic carbocycles. The number of carbonyl (C=O) groups excluding carboxylic acids is 2. The first-order valence-electron chi connectivity index (χ1n) is 20.8. The summed E-state index contributed by atoms with van der Waals surface area (Å²) >= 11 is 0. The molecule has 11 atom stereocenters. The number of aliphatic hydroxyl groups excluding tert-OH is 7. The highest BCUT2D eigenvalue weighted by Gasteiger charge is 2.47. The van der Waals surface area contributed by atoms with E-state index in [4.69, 9.17) is 28.4 Å². The first-order valence-corrected chi connectivity index (χ1v) is 20.8. The molecule has 0 aromatic heterocycles. The molecule has 55 heavy (non-hydrogen) atoms. The van der Waals surface area contributed by atoms with Crippen molar-refractivity contribution in [1.82, 2.24) is 0 Å². The first kappa shape index (κ1) is 49.4. The van der Waals surface area contributed by atoms with Gasteiger partial charge in [-0.2, -0.15) is 0 Å². The fourth-order valence-electron chi connectivity index (χ4n) is 6.49. The summed E-state index contributed by atoms with van der Waals surface area (Å²) < 4.78 is 32.7. The summed E-state index contributed by atoms with van der Waals surface area (Å²) in [5.74, 6) is -1.02. The van der Waals surface area contributed by atoms with Crippen LogP contribution in [0.1, 0.15) is 136 Å². The highest BCUT2D eigenvalue weighted by Crippen LogP contribution is 2.26. The van der Waals surface area contributed by atoms with Gasteiger partial charge < -0.3 is 64.2 Å². The number of allylic oxidation sites excluding steroid dienone is 2. The lowest BCUT2D eigenvalue weighted by Crippen LogP contribution is -2.61. The quantitative estimate of drug-likeness (QED) is 0.0315. The molecule has 7 N–H and O–H groups in total. The SMILES string of the molecule is CCCCCCCC/C=C\CCCCCCCCCCCC(=O)OC(COC(=O)CC)COC1OC(COC2OC(CO)C(O)C(O)C2O)C(O)C(O)C1O. The van der Waals surface area contributed by atoms with Gasteiger partial charge in [0.2, 0.25) is 0 Å². The number of esters is 2. The Morgan fingerprint density at radius 3 is 1.62 bits per heavy atom. The van der Waals surface area contributed by atoms with Gasteiger partial charge in [-0.05, 0) is 32.1 Å². The Kier molecular flexibility index (Phi) is 26.4. The van der Waals surface area contributed by atoms with Gasteiger partial charge in [-0.3, -0.25) is 9.59 Å². The third-order valence-corrected chi connectivity index (χ3v) is 10.0. The number of hydrogen-bond acceptors (Lipinski definition) is 15. The minimum absolute atomic E-state index is 0.100. The molecule has 0 radical (unpaired) electrons. The molecule has 0 spiro atoms. The Hall–Kier alpha value is -1.76. The maximum Gasteiger partial charge on any atom is 0.306 e. The van der Waals surface area contributed by atoms with Crippen molar-refractivity contribution < 1.29 is 73.8 Å². The van der Waals surface area contributed by atoms with E-state index in [1.165, 1.54) is 77.0 Å². The third-order valence-electron chi connectivity index (χ3n) is 10.0. The molecule has 15 nitrogen and oxygen atoms in total. The van der Waals surface area contributed by atoms with E-state index in [-0.39, 0.29) is 26.1 Å². The maximum absolute atomic E-state index is 12.7. The zero-order valence-electron chi connectivity index (χ0n) is 33.2. The molecule has 2 aliphatic heterocycles. The Bertz CT molecular complexity index is 1030. The van der Waals surface area contributed by atoms with Crippen LogP contribution in [0.4, 0.5) is 0 Å². The van der Waals surface area contributed by atoms with Crippen LogP contribution in [0.2, 0.25) is 0 Å². The van der Waals surface area contributed by atoms with E-state index in [1.54, 1.807) is 6.92 Å². The van der Waals surface area contributed by atoms with Crippen molar-refractivity contribution in [2.45, 2.75) is 203 Å². The van der Waals surface area contributed by atoms with Gasteiger partial charge in [0.1, 0.15) is 55.4 Å². The molecule has 0 aromatic rings. The van der Waals surface area contributed by atoms with Crippen molar-refractivity contribution in [3.05, 3.63) is 12.2 Å². The molecule has 2 rings (SSSR count). The second kappa shape index (κ2) is 29.5. The van der Waals surface area contributed by atoms with Crippen molar-refractivity contribution in [3.8, 4) is 0 Å². The number of ether oxygens (including phenoxy) is 6. The predicted octanol–water partition coefficient (Wildman–Crippen LogP) is 3.09. The van der Waals surface area contributed by atoms with Crippen LogP contribution in [-0.2, 0) is 38.0 Å². The van der Waals surface area contributed by atoms with Gasteiger partial charge in [-0.25, -0.2) is 0 Å². The molecule has 0 aromatic carbocycles. The highest BCUT2D eigenvalue weighted by molar-refractivity contribution is 5.70. The molecule has 0 saturated carbocycles. The normalized spacial score (nSPS) is 29.0. The molecule has 2 saturated heterocycles. The Balaban J connectivity index is 1.68. The summed E-state index contributed by atoms with van der Waals surface area (Å²) in [7, 11) is 0. The van der Waals surface area contributed by atoms with E-state index in [0.717, 1.165) is 25.7 Å². The average Bonchev–Trinajstić information content (AvgIpc) is 3.18. The zero-order valence-corrected chi connectivity index (χ0v) is 33.2. The van der Waals surface area contributed by atoms with Crippen LogP contribution in [0.3, 0.4) is 0 Å². The lowest BCUT2D eigenvalue weighted by Gasteiger charge is -2.42. The lowest BCUT2D eigenvalue weighted by molar-refractivity contribution is -0.332.